The van der Waals surface area contributed by atoms with Crippen LogP contribution in [0.5, 0.6) is 11.5 Å². The molecule has 0 bridgehead atoms. The Balaban J connectivity index is 1.30. The predicted molar refractivity (Wildman–Crippen MR) is 266 cm³/mol. The van der Waals surface area contributed by atoms with E-state index in [1.54, 1.807) is 146 Å². The Morgan fingerprint density at radius 1 is 0.600 bits per heavy atom. The number of ether oxygens (including phenoxy) is 2. The number of hydrogen-bond donors (Lipinski definition) is 3. The SMILES string of the molecule is COc1cc(-c2cnco2)ccc1NC(=O)C(c1ccccc1Cl)C(C(=O)Nc1ccc(-c2cnco2)cc1)(c1ccccc1Cl)C(C(=O)Nc1ccc(-n2cncn2)c(OC)c1)c1ccccc1Cl. The zero-order valence-electron chi connectivity index (χ0n) is 37.0. The number of carbonyl (C=O) groups is 3. The number of nitrogens with one attached hydrogen (secondary N) is 3. The molecule has 0 spiro atoms. The number of aromatic nitrogens is 5. The Kier molecular flexibility index (Phi) is 13.8. The van der Waals surface area contributed by atoms with Crippen molar-refractivity contribution >= 4 is 69.6 Å². The van der Waals surface area contributed by atoms with Gasteiger partial charge in [0.15, 0.2) is 24.3 Å². The Bertz CT molecular complexity index is 3300. The smallest absolute Gasteiger partial charge is 0.237 e. The summed E-state index contributed by atoms with van der Waals surface area (Å²) in [6, 6.07) is 36.4. The standard InChI is InChI=1S/C52H39Cl3N8O7/c1-67-43-23-32(46-26-57-30-70-46)17-21-41(43)62-50(65)48(36-10-4-7-13-39(36)54)52(37-11-5-8-14-40(37)55,51(66)61-33-18-15-31(16-19-33)45-25-56-29-69-45)47(35-9-3-6-12-38(35)53)49(64)60-34-20-22-42(44(24-34)68-2)63-28-58-27-59-63/h3-30,47-48H,1-2H3,(H,60,64)(H,61,66)(H,62,65). The van der Waals surface area contributed by atoms with Crippen LogP contribution in [0.1, 0.15) is 28.5 Å². The minimum atomic E-state index is -2.40. The summed E-state index contributed by atoms with van der Waals surface area (Å²) in [4.78, 5) is 60.7. The molecule has 0 radical (unpaired) electrons. The van der Waals surface area contributed by atoms with Crippen molar-refractivity contribution in [2.24, 2.45) is 0 Å². The molecule has 0 aliphatic heterocycles. The van der Waals surface area contributed by atoms with Gasteiger partial charge in [-0.05, 0) is 89.5 Å². The third kappa shape index (κ3) is 9.20. The summed E-state index contributed by atoms with van der Waals surface area (Å²) in [6.45, 7) is 0. The summed E-state index contributed by atoms with van der Waals surface area (Å²) < 4.78 is 24.1. The van der Waals surface area contributed by atoms with Crippen molar-refractivity contribution in [1.82, 2.24) is 24.7 Å². The number of carbonyl (C=O) groups excluding carboxylic acids is 3. The highest BCUT2D eigenvalue weighted by Gasteiger charge is 2.61. The van der Waals surface area contributed by atoms with Crippen molar-refractivity contribution in [3.05, 3.63) is 203 Å². The molecule has 6 aromatic carbocycles. The van der Waals surface area contributed by atoms with E-state index in [4.69, 9.17) is 53.1 Å². The molecule has 3 atom stereocenters. The van der Waals surface area contributed by atoms with E-state index >= 15 is 14.4 Å². The van der Waals surface area contributed by atoms with Crippen LogP contribution in [0.3, 0.4) is 0 Å². The Labute approximate surface area is 415 Å². The fraction of sp³-hybridized carbons (Fsp3) is 0.0962. The normalized spacial score (nSPS) is 12.8. The van der Waals surface area contributed by atoms with Crippen molar-refractivity contribution in [2.75, 3.05) is 30.2 Å². The summed E-state index contributed by atoms with van der Waals surface area (Å²) in [5.41, 5.74) is 0.582. The molecule has 0 aliphatic rings. The van der Waals surface area contributed by atoms with Gasteiger partial charge in [0.1, 0.15) is 35.3 Å². The van der Waals surface area contributed by atoms with Crippen LogP contribution in [0.15, 0.2) is 180 Å². The number of halogens is 3. The molecule has 3 unspecified atom stereocenters. The molecule has 3 aromatic heterocycles. The van der Waals surface area contributed by atoms with Gasteiger partial charge in [0, 0.05) is 43.6 Å². The van der Waals surface area contributed by atoms with E-state index in [0.29, 0.717) is 39.8 Å². The molecule has 0 aliphatic carbocycles. The van der Waals surface area contributed by atoms with Gasteiger partial charge in [0.2, 0.25) is 17.7 Å². The molecule has 3 heterocycles. The number of rotatable bonds is 16. The predicted octanol–water partition coefficient (Wildman–Crippen LogP) is 11.3. The molecule has 3 N–H and O–H groups in total. The lowest BCUT2D eigenvalue weighted by Gasteiger charge is -2.45. The molecule has 0 fully saturated rings. The van der Waals surface area contributed by atoms with Crippen molar-refractivity contribution in [1.29, 1.82) is 0 Å². The van der Waals surface area contributed by atoms with Gasteiger partial charge in [0.05, 0.1) is 44.1 Å². The zero-order valence-corrected chi connectivity index (χ0v) is 39.3. The topological polar surface area (TPSA) is 189 Å². The molecule has 9 aromatic rings. The number of amides is 3. The van der Waals surface area contributed by atoms with Crippen molar-refractivity contribution < 1.29 is 32.7 Å². The van der Waals surface area contributed by atoms with Gasteiger partial charge in [-0.1, -0.05) is 89.4 Å². The molecular formula is C52H39Cl3N8O7. The maximum absolute atomic E-state index is 16.5. The lowest BCUT2D eigenvalue weighted by molar-refractivity contribution is -0.133. The van der Waals surface area contributed by atoms with E-state index in [1.807, 2.05) is 0 Å². The van der Waals surface area contributed by atoms with Gasteiger partial charge >= 0.3 is 0 Å². The Hall–Kier alpha value is -8.24. The minimum Gasteiger partial charge on any atom is -0.495 e. The van der Waals surface area contributed by atoms with Crippen LogP contribution in [0.2, 0.25) is 15.1 Å². The minimum absolute atomic E-state index is 0.0425. The van der Waals surface area contributed by atoms with E-state index in [9.17, 15) is 0 Å². The first-order chi connectivity index (χ1) is 34.1. The second kappa shape index (κ2) is 20.5. The highest BCUT2D eigenvalue weighted by atomic mass is 35.5. The second-order valence-electron chi connectivity index (χ2n) is 15.6. The largest absolute Gasteiger partial charge is 0.495 e. The first kappa shape index (κ1) is 46.9. The third-order valence-corrected chi connectivity index (χ3v) is 12.7. The molecule has 0 saturated carbocycles. The van der Waals surface area contributed by atoms with Crippen LogP contribution in [-0.4, -0.2) is 56.7 Å². The van der Waals surface area contributed by atoms with Crippen molar-refractivity contribution in [3.63, 3.8) is 0 Å². The number of oxazole rings is 2. The number of anilines is 3. The second-order valence-corrected chi connectivity index (χ2v) is 16.9. The average Bonchev–Trinajstić information content (AvgIpc) is 4.22. The van der Waals surface area contributed by atoms with E-state index in [1.165, 1.54) is 44.3 Å². The monoisotopic (exact) mass is 992 g/mol. The summed E-state index contributed by atoms with van der Waals surface area (Å²) in [7, 11) is 2.92. The van der Waals surface area contributed by atoms with Gasteiger partial charge in [-0.25, -0.2) is 19.6 Å². The van der Waals surface area contributed by atoms with Crippen molar-refractivity contribution in [2.45, 2.75) is 17.3 Å². The number of benzene rings is 6. The molecular weight excluding hydrogens is 955 g/mol. The van der Waals surface area contributed by atoms with Crippen LogP contribution >= 0.6 is 34.8 Å². The summed E-state index contributed by atoms with van der Waals surface area (Å²) in [6.07, 6.45) is 8.59. The fourth-order valence-electron chi connectivity index (χ4n) is 8.58. The van der Waals surface area contributed by atoms with Crippen LogP contribution in [0.4, 0.5) is 17.1 Å². The van der Waals surface area contributed by atoms with Crippen LogP contribution in [0, 0.1) is 0 Å². The Morgan fingerprint density at radius 2 is 1.17 bits per heavy atom. The number of hydrogen-bond acceptors (Lipinski definition) is 11. The first-order valence-electron chi connectivity index (χ1n) is 21.4. The summed E-state index contributed by atoms with van der Waals surface area (Å²) in [5, 5.41) is 13.6. The van der Waals surface area contributed by atoms with Gasteiger partial charge in [0.25, 0.3) is 0 Å². The number of methoxy groups -OCH3 is 2. The Morgan fingerprint density at radius 3 is 1.74 bits per heavy atom. The van der Waals surface area contributed by atoms with E-state index in [2.05, 4.69) is 36.0 Å². The molecule has 0 saturated heterocycles. The molecule has 350 valence electrons. The first-order valence-corrected chi connectivity index (χ1v) is 22.5. The van der Waals surface area contributed by atoms with Gasteiger partial charge in [-0.2, -0.15) is 5.10 Å². The van der Waals surface area contributed by atoms with Gasteiger partial charge < -0.3 is 34.3 Å². The van der Waals surface area contributed by atoms with E-state index in [-0.39, 0.29) is 48.9 Å². The highest BCUT2D eigenvalue weighted by Crippen LogP contribution is 2.55. The van der Waals surface area contributed by atoms with Crippen LogP contribution in [-0.2, 0) is 19.8 Å². The van der Waals surface area contributed by atoms with Crippen LogP contribution < -0.4 is 25.4 Å². The average molecular weight is 994 g/mol. The lowest BCUT2D eigenvalue weighted by Crippen LogP contribution is -2.56. The zero-order chi connectivity index (χ0) is 48.8. The summed E-state index contributed by atoms with van der Waals surface area (Å²) >= 11 is 21.7. The van der Waals surface area contributed by atoms with Crippen LogP contribution in [0.25, 0.3) is 28.3 Å². The molecule has 18 heteroatoms. The van der Waals surface area contributed by atoms with Gasteiger partial charge in [-0.15, -0.1) is 0 Å². The van der Waals surface area contributed by atoms with E-state index in [0.717, 1.165) is 0 Å². The molecule has 3 amide bonds. The lowest BCUT2D eigenvalue weighted by atomic mass is 9.57. The third-order valence-electron chi connectivity index (χ3n) is 11.7. The molecule has 9 rings (SSSR count). The van der Waals surface area contributed by atoms with Crippen molar-refractivity contribution in [3.8, 4) is 39.8 Å². The molecule has 15 nitrogen and oxygen atoms in total. The van der Waals surface area contributed by atoms with E-state index < -0.39 is 35.0 Å². The molecule has 70 heavy (non-hydrogen) atoms. The maximum atomic E-state index is 16.5. The number of nitrogens with zero attached hydrogens (tertiary/aromatic N) is 5. The fourth-order valence-corrected chi connectivity index (χ4v) is 9.36. The summed E-state index contributed by atoms with van der Waals surface area (Å²) in [5.74, 6) is -4.27. The van der Waals surface area contributed by atoms with Gasteiger partial charge in [-0.3, -0.25) is 14.4 Å². The highest BCUT2D eigenvalue weighted by molar-refractivity contribution is 6.34. The quantitative estimate of drug-likeness (QED) is 0.0835. The maximum Gasteiger partial charge on any atom is 0.237 e.